The molecule has 4 aliphatic rings. The zero-order valence-corrected chi connectivity index (χ0v) is 16.5. The number of amides is 3. The Balaban J connectivity index is 1.50. The van der Waals surface area contributed by atoms with Gasteiger partial charge >= 0.3 is 6.03 Å². The van der Waals surface area contributed by atoms with Crippen molar-refractivity contribution in [2.45, 2.75) is 44.7 Å². The molecule has 0 aliphatic carbocycles. The molecule has 0 aromatic heterocycles. The Morgan fingerprint density at radius 1 is 1.25 bits per heavy atom. The fraction of sp³-hybridized carbons (Fsp3) is 0.619. The van der Waals surface area contributed by atoms with Gasteiger partial charge in [0.05, 0.1) is 12.0 Å². The van der Waals surface area contributed by atoms with Gasteiger partial charge in [0.15, 0.2) is 11.5 Å². The van der Waals surface area contributed by atoms with E-state index in [9.17, 15) is 9.59 Å². The molecule has 4 heterocycles. The second-order valence-corrected chi connectivity index (χ2v) is 8.24. The molecule has 0 bridgehead atoms. The fourth-order valence-electron chi connectivity index (χ4n) is 5.28. The molecule has 4 aliphatic heterocycles. The molecule has 1 aromatic carbocycles. The first-order valence-corrected chi connectivity index (χ1v) is 10.3. The number of ether oxygens (including phenoxy) is 2. The van der Waals surface area contributed by atoms with Crippen LogP contribution in [0.1, 0.15) is 43.4 Å². The van der Waals surface area contributed by atoms with Crippen LogP contribution in [0.3, 0.4) is 0 Å². The van der Waals surface area contributed by atoms with E-state index in [1.165, 1.54) is 5.56 Å². The van der Waals surface area contributed by atoms with Crippen LogP contribution in [0.2, 0.25) is 0 Å². The molecular formula is C21H27N3O4. The van der Waals surface area contributed by atoms with Crippen LogP contribution < -0.4 is 9.47 Å². The molecule has 1 aromatic rings. The third-order valence-electron chi connectivity index (χ3n) is 6.88. The number of benzene rings is 1. The summed E-state index contributed by atoms with van der Waals surface area (Å²) in [5.74, 6) is 1.69. The van der Waals surface area contributed by atoms with Crippen molar-refractivity contribution in [2.24, 2.45) is 5.92 Å². The maximum Gasteiger partial charge on any atom is 0.320 e. The highest BCUT2D eigenvalue weighted by molar-refractivity contribution is 5.83. The van der Waals surface area contributed by atoms with Crippen LogP contribution in [-0.4, -0.2) is 66.2 Å². The molecule has 0 radical (unpaired) electrons. The Hall–Kier alpha value is -2.44. The molecule has 0 spiro atoms. The summed E-state index contributed by atoms with van der Waals surface area (Å²) < 4.78 is 11.1. The van der Waals surface area contributed by atoms with Gasteiger partial charge in [0, 0.05) is 32.7 Å². The van der Waals surface area contributed by atoms with Crippen LogP contribution in [-0.2, 0) is 11.2 Å². The van der Waals surface area contributed by atoms with E-state index < -0.39 is 0 Å². The standard InChI is InChI=1S/C21H27N3O4/c1-3-22(2)21(26)24-7-4-5-14-16(24)11-17-15-10-19-18(27-12-28-19)9-13(15)6-8-23(17)20(14)25/h9-10,14,16-17H,3-8,11-12H2,1-2H3. The first-order chi connectivity index (χ1) is 13.6. The third kappa shape index (κ3) is 2.55. The maximum absolute atomic E-state index is 13.4. The number of rotatable bonds is 1. The van der Waals surface area contributed by atoms with Crippen molar-refractivity contribution in [3.8, 4) is 11.5 Å². The zero-order valence-electron chi connectivity index (χ0n) is 16.5. The number of fused-ring (bicyclic) bond motifs is 5. The van der Waals surface area contributed by atoms with Crippen molar-refractivity contribution < 1.29 is 19.1 Å². The lowest BCUT2D eigenvalue weighted by Gasteiger charge is -2.52. The van der Waals surface area contributed by atoms with Crippen LogP contribution in [0, 0.1) is 5.92 Å². The fourth-order valence-corrected chi connectivity index (χ4v) is 5.28. The topological polar surface area (TPSA) is 62.3 Å². The van der Waals surface area contributed by atoms with Gasteiger partial charge in [-0.3, -0.25) is 4.79 Å². The quantitative estimate of drug-likeness (QED) is 0.745. The van der Waals surface area contributed by atoms with Gasteiger partial charge in [-0.25, -0.2) is 4.79 Å². The third-order valence-corrected chi connectivity index (χ3v) is 6.88. The molecule has 0 saturated carbocycles. The molecule has 2 saturated heterocycles. The van der Waals surface area contributed by atoms with Crippen LogP contribution in [0.5, 0.6) is 11.5 Å². The summed E-state index contributed by atoms with van der Waals surface area (Å²) in [6, 6.07) is 4.14. The summed E-state index contributed by atoms with van der Waals surface area (Å²) in [6.07, 6.45) is 3.41. The summed E-state index contributed by atoms with van der Waals surface area (Å²) in [5, 5.41) is 0. The Labute approximate surface area is 165 Å². The van der Waals surface area contributed by atoms with Crippen LogP contribution in [0.4, 0.5) is 4.79 Å². The lowest BCUT2D eigenvalue weighted by atomic mass is 9.76. The van der Waals surface area contributed by atoms with Gasteiger partial charge in [-0.05, 0) is 55.9 Å². The Bertz CT molecular complexity index is 826. The molecule has 5 rings (SSSR count). The number of urea groups is 1. The van der Waals surface area contributed by atoms with E-state index in [-0.39, 0.29) is 36.7 Å². The minimum absolute atomic E-state index is 0.00679. The van der Waals surface area contributed by atoms with Crippen molar-refractivity contribution in [2.75, 3.05) is 33.5 Å². The molecule has 3 unspecified atom stereocenters. The second kappa shape index (κ2) is 6.57. The van der Waals surface area contributed by atoms with Crippen LogP contribution in [0.15, 0.2) is 12.1 Å². The lowest BCUT2D eigenvalue weighted by Crippen LogP contribution is -2.61. The summed E-state index contributed by atoms with van der Waals surface area (Å²) in [6.45, 7) is 4.37. The highest BCUT2D eigenvalue weighted by Gasteiger charge is 2.49. The molecule has 7 nitrogen and oxygen atoms in total. The van der Waals surface area contributed by atoms with Crippen molar-refractivity contribution in [1.82, 2.24) is 14.7 Å². The van der Waals surface area contributed by atoms with Gasteiger partial charge in [-0.15, -0.1) is 0 Å². The highest BCUT2D eigenvalue weighted by Crippen LogP contribution is 2.47. The highest BCUT2D eigenvalue weighted by atomic mass is 16.7. The lowest BCUT2D eigenvalue weighted by molar-refractivity contribution is -0.148. The molecular weight excluding hydrogens is 358 g/mol. The van der Waals surface area contributed by atoms with E-state index in [0.29, 0.717) is 6.54 Å². The number of piperidine rings is 2. The molecule has 150 valence electrons. The van der Waals surface area contributed by atoms with Crippen molar-refractivity contribution >= 4 is 11.9 Å². The minimum atomic E-state index is -0.0743. The van der Waals surface area contributed by atoms with Crippen molar-refractivity contribution in [1.29, 1.82) is 0 Å². The molecule has 3 amide bonds. The van der Waals surface area contributed by atoms with Gasteiger partial charge in [0.1, 0.15) is 0 Å². The van der Waals surface area contributed by atoms with E-state index in [1.54, 1.807) is 4.90 Å². The monoisotopic (exact) mass is 385 g/mol. The normalized spacial score (nSPS) is 27.8. The van der Waals surface area contributed by atoms with E-state index in [2.05, 4.69) is 12.1 Å². The average Bonchev–Trinajstić information content (AvgIpc) is 3.18. The first-order valence-electron chi connectivity index (χ1n) is 10.3. The predicted molar refractivity (Wildman–Crippen MR) is 102 cm³/mol. The largest absolute Gasteiger partial charge is 0.454 e. The SMILES string of the molecule is CCN(C)C(=O)N1CCCC2C(=O)N3CCc4cc5c(cc4C3CC21)OCO5. The summed E-state index contributed by atoms with van der Waals surface area (Å²) in [7, 11) is 1.83. The molecule has 28 heavy (non-hydrogen) atoms. The van der Waals surface area contributed by atoms with Gasteiger partial charge in [-0.2, -0.15) is 0 Å². The number of likely N-dealkylation sites (tertiary alicyclic amines) is 1. The number of nitrogens with zero attached hydrogens (tertiary/aromatic N) is 3. The van der Waals surface area contributed by atoms with Gasteiger partial charge in [-0.1, -0.05) is 0 Å². The maximum atomic E-state index is 13.4. The summed E-state index contributed by atoms with van der Waals surface area (Å²) in [4.78, 5) is 32.0. The number of hydrogen-bond donors (Lipinski definition) is 0. The average molecular weight is 385 g/mol. The van der Waals surface area contributed by atoms with Gasteiger partial charge in [0.25, 0.3) is 0 Å². The Kier molecular flexibility index (Phi) is 4.14. The zero-order chi connectivity index (χ0) is 19.4. The molecule has 7 heteroatoms. The predicted octanol–water partition coefficient (Wildman–Crippen LogP) is 2.40. The first kappa shape index (κ1) is 17.6. The molecule has 2 fully saturated rings. The minimum Gasteiger partial charge on any atom is -0.454 e. The Morgan fingerprint density at radius 2 is 2.04 bits per heavy atom. The van der Waals surface area contributed by atoms with Crippen molar-refractivity contribution in [3.05, 3.63) is 23.3 Å². The van der Waals surface area contributed by atoms with Gasteiger partial charge in [0.2, 0.25) is 12.7 Å². The molecule has 3 atom stereocenters. The van der Waals surface area contributed by atoms with E-state index in [0.717, 1.165) is 55.8 Å². The van der Waals surface area contributed by atoms with Gasteiger partial charge < -0.3 is 24.2 Å². The second-order valence-electron chi connectivity index (χ2n) is 8.24. The summed E-state index contributed by atoms with van der Waals surface area (Å²) in [5.41, 5.74) is 2.39. The van der Waals surface area contributed by atoms with Crippen LogP contribution >= 0.6 is 0 Å². The Morgan fingerprint density at radius 3 is 2.82 bits per heavy atom. The van der Waals surface area contributed by atoms with E-state index in [4.69, 9.17) is 9.47 Å². The smallest absolute Gasteiger partial charge is 0.320 e. The summed E-state index contributed by atoms with van der Waals surface area (Å²) >= 11 is 0. The number of carbonyl (C=O) groups excluding carboxylic acids is 2. The molecule has 0 N–H and O–H groups in total. The van der Waals surface area contributed by atoms with E-state index >= 15 is 0 Å². The van der Waals surface area contributed by atoms with Crippen LogP contribution in [0.25, 0.3) is 0 Å². The number of carbonyl (C=O) groups is 2. The van der Waals surface area contributed by atoms with Crippen molar-refractivity contribution in [3.63, 3.8) is 0 Å². The number of hydrogen-bond acceptors (Lipinski definition) is 4. The van der Waals surface area contributed by atoms with E-state index in [1.807, 2.05) is 23.8 Å².